The summed E-state index contributed by atoms with van der Waals surface area (Å²) in [4.78, 5) is 0. The summed E-state index contributed by atoms with van der Waals surface area (Å²) in [5.41, 5.74) is 0. The molecule has 0 aliphatic heterocycles. The molecule has 24 valence electrons. The van der Waals surface area contributed by atoms with Gasteiger partial charge in [0.1, 0.15) is 0 Å². The molecule has 0 saturated heterocycles. The first-order chi connectivity index (χ1) is 1.91. The minimum absolute atomic E-state index is 1.17. The van der Waals surface area contributed by atoms with Gasteiger partial charge < -0.3 is 0 Å². The molecule has 0 radical (unpaired) electrons. The van der Waals surface area contributed by atoms with Crippen LogP contribution < -0.4 is 0 Å². The molecule has 0 saturated carbocycles. The van der Waals surface area contributed by atoms with E-state index in [0.717, 1.165) is 0 Å². The van der Waals surface area contributed by atoms with E-state index in [1.165, 1.54) is 17.8 Å². The maximum absolute atomic E-state index is 3.69. The van der Waals surface area contributed by atoms with Gasteiger partial charge in [-0.05, 0) is 17.3 Å². The summed E-state index contributed by atoms with van der Waals surface area (Å²) in [6.45, 7) is 0. The van der Waals surface area contributed by atoms with Crippen LogP contribution in [0.15, 0.2) is 4.52 Å². The lowest BCUT2D eigenvalue weighted by molar-refractivity contribution is 2.11. The van der Waals surface area contributed by atoms with E-state index in [2.05, 4.69) is 13.9 Å². The largest absolute Gasteiger partial charge is 0.259 e. The molecule has 0 spiro atoms. The zero-order valence-corrected chi connectivity index (χ0v) is 6.52. The number of rotatable bonds is 0. The van der Waals surface area contributed by atoms with Crippen molar-refractivity contribution in [3.63, 3.8) is 0 Å². The second kappa shape index (κ2) is 3.75. The van der Waals surface area contributed by atoms with Crippen molar-refractivity contribution in [2.24, 2.45) is 4.52 Å². The van der Waals surface area contributed by atoms with Crippen molar-refractivity contribution in [3.8, 4) is 0 Å². The number of hydrogen-bond acceptors (Lipinski definition) is 1. The molecule has 0 N–H and O–H groups in total. The van der Waals surface area contributed by atoms with Crippen molar-refractivity contribution in [1.29, 1.82) is 0 Å². The number of nitrogens with zero attached hydrogens (tertiary/aromatic N) is 1. The summed E-state index contributed by atoms with van der Waals surface area (Å²) in [6.07, 6.45) is 0. The zero-order valence-electron chi connectivity index (χ0n) is 2.47. The first kappa shape index (κ1) is 4.75. The quantitative estimate of drug-likeness (QED) is 0.311. The predicted octanol–water partition coefficient (Wildman–Crippen LogP) is 0.187. The summed E-state index contributed by atoms with van der Waals surface area (Å²) in [6, 6.07) is 0. The Morgan fingerprint density at radius 3 is 2.25 bits per heavy atom. The lowest BCUT2D eigenvalue weighted by Gasteiger charge is -1.51. The molecule has 0 aliphatic carbocycles. The van der Waals surface area contributed by atoms with Crippen LogP contribution in [0.3, 0.4) is 0 Å². The molecule has 0 rings (SSSR count). The van der Waals surface area contributed by atoms with Gasteiger partial charge >= 0.3 is 0 Å². The van der Waals surface area contributed by atoms with E-state index in [1.807, 2.05) is 0 Å². The molecule has 4 heavy (non-hydrogen) atoms. The van der Waals surface area contributed by atoms with Gasteiger partial charge in [-0.3, -0.25) is 4.52 Å². The lowest BCUT2D eigenvalue weighted by atomic mass is 13.9. The lowest BCUT2D eigenvalue weighted by Crippen LogP contribution is -1.12. The highest BCUT2D eigenvalue weighted by Crippen LogP contribution is 1.92. The Bertz CT molecular complexity index is 21.2. The fraction of sp³-hybridized carbons (Fsp3) is 0. The second-order valence-corrected chi connectivity index (χ2v) is 2.84. The van der Waals surface area contributed by atoms with Gasteiger partial charge in [-0.1, -0.05) is 0 Å². The van der Waals surface area contributed by atoms with Crippen LogP contribution in [-0.4, -0.2) is 9.91 Å². The third kappa shape index (κ3) is 2.75. The normalized spacial score (nSPS) is 10.2. The van der Waals surface area contributed by atoms with Crippen LogP contribution >= 0.6 is 17.3 Å². The molecule has 0 amide bonds. The molecule has 4 heteroatoms. The molecule has 0 aromatic heterocycles. The SMILES string of the molecule is [SiH3]P=NP. The third-order valence-corrected chi connectivity index (χ3v) is 3.12. The Morgan fingerprint density at radius 2 is 2.25 bits per heavy atom. The summed E-state index contributed by atoms with van der Waals surface area (Å²) in [5.74, 6) is 0. The van der Waals surface area contributed by atoms with Crippen LogP contribution in [0, 0.1) is 0 Å². The first-order valence-corrected chi connectivity index (χ1v) is 5.40. The Morgan fingerprint density at radius 1 is 2.00 bits per heavy atom. The minimum atomic E-state index is 1.17. The van der Waals surface area contributed by atoms with E-state index in [0.29, 0.717) is 0 Å². The van der Waals surface area contributed by atoms with Crippen LogP contribution in [0.25, 0.3) is 0 Å². The summed E-state index contributed by atoms with van der Waals surface area (Å²) in [5, 5.41) is 0. The molecule has 0 aliphatic rings. The van der Waals surface area contributed by atoms with Crippen LogP contribution in [0.4, 0.5) is 0 Å². The van der Waals surface area contributed by atoms with Crippen LogP contribution in [0.2, 0.25) is 0 Å². The number of hydrogen-bond donors (Lipinski definition) is 0. The average molecular weight is 109 g/mol. The Kier molecular flexibility index (Phi) is 4.45. The van der Waals surface area contributed by atoms with E-state index < -0.39 is 0 Å². The summed E-state index contributed by atoms with van der Waals surface area (Å²) >= 11 is 0. The van der Waals surface area contributed by atoms with Crippen molar-refractivity contribution in [2.45, 2.75) is 0 Å². The molecule has 1 nitrogen and oxygen atoms in total. The van der Waals surface area contributed by atoms with Crippen LogP contribution in [0.1, 0.15) is 0 Å². The third-order valence-electron chi connectivity index (χ3n) is 0.115. The van der Waals surface area contributed by atoms with Gasteiger partial charge in [0.05, 0.1) is 9.91 Å². The van der Waals surface area contributed by atoms with Gasteiger partial charge in [-0.2, -0.15) is 0 Å². The molecule has 0 bridgehead atoms. The first-order valence-electron chi connectivity index (χ1n) is 0.905. The van der Waals surface area contributed by atoms with E-state index in [-0.39, 0.29) is 0 Å². The molecule has 0 aromatic carbocycles. The Labute approximate surface area is 32.6 Å². The van der Waals surface area contributed by atoms with E-state index in [1.54, 1.807) is 0 Å². The molecule has 1 atom stereocenters. The highest BCUT2D eigenvalue weighted by molar-refractivity contribution is 7.60. The van der Waals surface area contributed by atoms with E-state index in [9.17, 15) is 0 Å². The molecule has 0 aromatic rings. The fourth-order valence-corrected chi connectivity index (χ4v) is 0. The standard InChI is InChI=1S/H5NP2Si/c2-1-3-4/h2H2,4H3. The highest BCUT2D eigenvalue weighted by atomic mass is 31.3. The minimum Gasteiger partial charge on any atom is -0.259 e. The van der Waals surface area contributed by atoms with Gasteiger partial charge in [-0.15, -0.1) is 0 Å². The fourth-order valence-electron chi connectivity index (χ4n) is 0. The van der Waals surface area contributed by atoms with Crippen LogP contribution in [0.5, 0.6) is 0 Å². The molecule has 1 unspecified atom stereocenters. The summed E-state index contributed by atoms with van der Waals surface area (Å²) < 4.78 is 3.69. The maximum atomic E-state index is 3.69. The second-order valence-electron chi connectivity index (χ2n) is 0.315. The monoisotopic (exact) mass is 109 g/mol. The van der Waals surface area contributed by atoms with Crippen molar-refractivity contribution >= 4 is 27.2 Å². The molecule has 0 fully saturated rings. The van der Waals surface area contributed by atoms with Gasteiger partial charge in [0.2, 0.25) is 0 Å². The van der Waals surface area contributed by atoms with E-state index >= 15 is 0 Å². The maximum Gasteiger partial charge on any atom is 0.0878 e. The molecular formula is H5NP2Si. The molecule has 0 heterocycles. The predicted molar refractivity (Wildman–Crippen MR) is 29.0 cm³/mol. The summed E-state index contributed by atoms with van der Waals surface area (Å²) in [7, 11) is 4.70. The highest BCUT2D eigenvalue weighted by Gasteiger charge is 1.34. The van der Waals surface area contributed by atoms with Gasteiger partial charge in [0.25, 0.3) is 0 Å². The van der Waals surface area contributed by atoms with E-state index in [4.69, 9.17) is 0 Å². The Hall–Kier alpha value is 0.747. The van der Waals surface area contributed by atoms with Crippen molar-refractivity contribution < 1.29 is 0 Å². The van der Waals surface area contributed by atoms with Crippen molar-refractivity contribution in [3.05, 3.63) is 0 Å². The average Bonchev–Trinajstić information content (AvgIpc) is 1.37. The smallest absolute Gasteiger partial charge is 0.0878 e. The van der Waals surface area contributed by atoms with Crippen molar-refractivity contribution in [1.82, 2.24) is 0 Å². The Balaban J connectivity index is 2.55. The topological polar surface area (TPSA) is 12.4 Å². The zero-order chi connectivity index (χ0) is 3.41. The van der Waals surface area contributed by atoms with Gasteiger partial charge in [0.15, 0.2) is 0 Å². The van der Waals surface area contributed by atoms with Gasteiger partial charge in [0, 0.05) is 0 Å². The van der Waals surface area contributed by atoms with Crippen LogP contribution in [-0.2, 0) is 0 Å². The van der Waals surface area contributed by atoms with Gasteiger partial charge in [-0.25, -0.2) is 0 Å². The molecular weight excluding hydrogens is 104 g/mol. The van der Waals surface area contributed by atoms with Crippen molar-refractivity contribution in [2.75, 3.05) is 0 Å².